The smallest absolute Gasteiger partial charge is 0.350 e. The number of ether oxygens (including phenoxy) is 3. The Labute approximate surface area is 109 Å². The van der Waals surface area contributed by atoms with Crippen molar-refractivity contribution in [3.63, 3.8) is 0 Å². The molecule has 7 heteroatoms. The van der Waals surface area contributed by atoms with Gasteiger partial charge in [0.15, 0.2) is 5.57 Å². The summed E-state index contributed by atoms with van der Waals surface area (Å²) in [5.41, 5.74) is 0.187. The van der Waals surface area contributed by atoms with E-state index in [-0.39, 0.29) is 5.57 Å². The minimum Gasteiger partial charge on any atom is -0.467 e. The molecule has 2 heterocycles. The molecular formula is C12H15NO6. The summed E-state index contributed by atoms with van der Waals surface area (Å²) < 4.78 is 14.6. The number of nitrogens with one attached hydrogen (secondary N) is 1. The molecule has 0 aromatic rings. The summed E-state index contributed by atoms with van der Waals surface area (Å²) in [5, 5.41) is 2.80. The molecule has 7 nitrogen and oxygen atoms in total. The Morgan fingerprint density at radius 1 is 1.32 bits per heavy atom. The van der Waals surface area contributed by atoms with E-state index >= 15 is 0 Å². The molecule has 2 rings (SSSR count). The average molecular weight is 269 g/mol. The maximum Gasteiger partial charge on any atom is 0.350 e. The lowest BCUT2D eigenvalue weighted by Crippen LogP contribution is -2.43. The molecule has 0 spiro atoms. The lowest BCUT2D eigenvalue weighted by Gasteiger charge is -2.30. The molecule has 1 atom stereocenters. The third-order valence-electron chi connectivity index (χ3n) is 2.90. The summed E-state index contributed by atoms with van der Waals surface area (Å²) in [4.78, 5) is 35.0. The van der Waals surface area contributed by atoms with Gasteiger partial charge in [0.2, 0.25) is 0 Å². The normalized spacial score (nSPS) is 25.5. The van der Waals surface area contributed by atoms with Gasteiger partial charge in [0.25, 0.3) is 5.79 Å². The summed E-state index contributed by atoms with van der Waals surface area (Å²) in [6, 6.07) is -0.553. The van der Waals surface area contributed by atoms with Crippen LogP contribution < -0.4 is 5.32 Å². The Balaban J connectivity index is 2.22. The maximum absolute atomic E-state index is 11.8. The third kappa shape index (κ3) is 2.54. The van der Waals surface area contributed by atoms with E-state index in [1.54, 1.807) is 0 Å². The van der Waals surface area contributed by atoms with E-state index in [9.17, 15) is 14.4 Å². The fourth-order valence-electron chi connectivity index (χ4n) is 2.06. The van der Waals surface area contributed by atoms with Crippen molar-refractivity contribution >= 4 is 17.9 Å². The van der Waals surface area contributed by atoms with Gasteiger partial charge in [-0.3, -0.25) is 0 Å². The Bertz CT molecular complexity index is 457. The van der Waals surface area contributed by atoms with E-state index in [4.69, 9.17) is 9.47 Å². The molecule has 0 amide bonds. The van der Waals surface area contributed by atoms with Gasteiger partial charge in [0, 0.05) is 19.5 Å². The summed E-state index contributed by atoms with van der Waals surface area (Å²) in [5.74, 6) is -3.18. The van der Waals surface area contributed by atoms with Gasteiger partial charge >= 0.3 is 17.9 Å². The van der Waals surface area contributed by atoms with Gasteiger partial charge in [0.1, 0.15) is 6.04 Å². The second kappa shape index (κ2) is 4.56. The molecule has 2 saturated heterocycles. The van der Waals surface area contributed by atoms with Gasteiger partial charge in [-0.25, -0.2) is 14.4 Å². The fraction of sp³-hybridized carbons (Fsp3) is 0.583. The minimum absolute atomic E-state index is 0.175. The lowest BCUT2D eigenvalue weighted by atomic mass is 10.1. The highest BCUT2D eigenvalue weighted by atomic mass is 16.7. The van der Waals surface area contributed by atoms with Gasteiger partial charge in [0.05, 0.1) is 7.11 Å². The van der Waals surface area contributed by atoms with Crippen LogP contribution in [0.1, 0.15) is 26.7 Å². The Morgan fingerprint density at radius 3 is 2.42 bits per heavy atom. The number of rotatable bonds is 1. The maximum atomic E-state index is 11.8. The van der Waals surface area contributed by atoms with Crippen molar-refractivity contribution in [3.05, 3.63) is 11.3 Å². The number of hydrogen-bond acceptors (Lipinski definition) is 7. The molecule has 0 aliphatic carbocycles. The lowest BCUT2D eigenvalue weighted by molar-refractivity contribution is -0.222. The zero-order valence-corrected chi connectivity index (χ0v) is 10.9. The van der Waals surface area contributed by atoms with Crippen molar-refractivity contribution in [1.82, 2.24) is 5.32 Å². The van der Waals surface area contributed by atoms with E-state index in [1.807, 2.05) is 0 Å². The molecule has 2 aliphatic heterocycles. The number of hydrogen-bond donors (Lipinski definition) is 1. The molecule has 2 aliphatic rings. The summed E-state index contributed by atoms with van der Waals surface area (Å²) in [6.45, 7) is 2.95. The summed E-state index contributed by atoms with van der Waals surface area (Å²) in [7, 11) is 1.28. The monoisotopic (exact) mass is 269 g/mol. The van der Waals surface area contributed by atoms with Crippen LogP contribution in [0.5, 0.6) is 0 Å². The number of carbonyl (C=O) groups excluding carboxylic acids is 3. The number of methoxy groups -OCH3 is 1. The minimum atomic E-state index is -1.27. The van der Waals surface area contributed by atoms with Crippen LogP contribution in [0.25, 0.3) is 0 Å². The Hall–Kier alpha value is -2.05. The van der Waals surface area contributed by atoms with Gasteiger partial charge in [-0.2, -0.15) is 0 Å². The van der Waals surface area contributed by atoms with Crippen molar-refractivity contribution in [1.29, 1.82) is 0 Å². The molecule has 0 saturated carbocycles. The first-order valence-corrected chi connectivity index (χ1v) is 5.88. The summed E-state index contributed by atoms with van der Waals surface area (Å²) >= 11 is 0. The predicted molar refractivity (Wildman–Crippen MR) is 61.5 cm³/mol. The van der Waals surface area contributed by atoms with Crippen LogP contribution in [0.2, 0.25) is 0 Å². The topological polar surface area (TPSA) is 90.9 Å². The highest BCUT2D eigenvalue weighted by Gasteiger charge is 2.42. The van der Waals surface area contributed by atoms with E-state index in [1.165, 1.54) is 21.0 Å². The molecule has 2 fully saturated rings. The molecule has 1 unspecified atom stereocenters. The van der Waals surface area contributed by atoms with E-state index in [0.717, 1.165) is 0 Å². The standard InChI is InChI=1S/C12H15NO6/c1-12(2)18-10(15)8(11(16)19-12)6-4-5-7(13-6)9(14)17-3/h7,13H,4-5H2,1-3H3. The Morgan fingerprint density at radius 2 is 1.89 bits per heavy atom. The third-order valence-corrected chi connectivity index (χ3v) is 2.90. The van der Waals surface area contributed by atoms with E-state index in [2.05, 4.69) is 10.1 Å². The predicted octanol–water partition coefficient (Wildman–Crippen LogP) is 0.00160. The highest BCUT2D eigenvalue weighted by Crippen LogP contribution is 2.28. The number of cyclic esters (lactones) is 2. The zero-order chi connectivity index (χ0) is 14.2. The molecule has 19 heavy (non-hydrogen) atoms. The first-order chi connectivity index (χ1) is 8.84. The highest BCUT2D eigenvalue weighted by molar-refractivity contribution is 6.16. The van der Waals surface area contributed by atoms with Crippen LogP contribution in [0, 0.1) is 0 Å². The number of carbonyl (C=O) groups is 3. The number of allylic oxidation sites excluding steroid dienone is 1. The molecule has 0 aromatic heterocycles. The van der Waals surface area contributed by atoms with E-state index < -0.39 is 29.7 Å². The Kier molecular flexibility index (Phi) is 3.21. The van der Waals surface area contributed by atoms with Gasteiger partial charge in [-0.1, -0.05) is 0 Å². The molecular weight excluding hydrogens is 254 g/mol. The van der Waals surface area contributed by atoms with Gasteiger partial charge in [-0.05, 0) is 12.8 Å². The van der Waals surface area contributed by atoms with Crippen molar-refractivity contribution < 1.29 is 28.6 Å². The van der Waals surface area contributed by atoms with Crippen molar-refractivity contribution in [2.75, 3.05) is 7.11 Å². The summed E-state index contributed by atoms with van der Waals surface area (Å²) in [6.07, 6.45) is 0.842. The molecule has 0 bridgehead atoms. The zero-order valence-electron chi connectivity index (χ0n) is 10.9. The number of esters is 3. The molecule has 1 N–H and O–H groups in total. The average Bonchev–Trinajstić information content (AvgIpc) is 2.74. The van der Waals surface area contributed by atoms with Gasteiger partial charge in [-0.15, -0.1) is 0 Å². The fourth-order valence-corrected chi connectivity index (χ4v) is 2.06. The SMILES string of the molecule is COC(=O)C1CCC(=C2C(=O)OC(C)(C)OC2=O)N1. The van der Waals surface area contributed by atoms with Crippen molar-refractivity contribution in [2.45, 2.75) is 38.5 Å². The molecule has 0 radical (unpaired) electrons. The second-order valence-electron chi connectivity index (χ2n) is 4.79. The molecule has 0 aromatic carbocycles. The van der Waals surface area contributed by atoms with Crippen molar-refractivity contribution in [3.8, 4) is 0 Å². The van der Waals surface area contributed by atoms with Crippen LogP contribution in [0.15, 0.2) is 11.3 Å². The van der Waals surface area contributed by atoms with Crippen LogP contribution >= 0.6 is 0 Å². The largest absolute Gasteiger partial charge is 0.467 e. The second-order valence-corrected chi connectivity index (χ2v) is 4.79. The van der Waals surface area contributed by atoms with E-state index in [0.29, 0.717) is 18.5 Å². The van der Waals surface area contributed by atoms with Crippen LogP contribution in [0.3, 0.4) is 0 Å². The first-order valence-electron chi connectivity index (χ1n) is 5.88. The quantitative estimate of drug-likeness (QED) is 0.407. The van der Waals surface area contributed by atoms with Crippen molar-refractivity contribution in [2.24, 2.45) is 0 Å². The van der Waals surface area contributed by atoms with Crippen LogP contribution in [0.4, 0.5) is 0 Å². The van der Waals surface area contributed by atoms with Crippen LogP contribution in [-0.2, 0) is 28.6 Å². The molecule has 104 valence electrons. The first kappa shape index (κ1) is 13.4. The van der Waals surface area contributed by atoms with Crippen LogP contribution in [-0.4, -0.2) is 36.8 Å². The van der Waals surface area contributed by atoms with Gasteiger partial charge < -0.3 is 19.5 Å².